The summed E-state index contributed by atoms with van der Waals surface area (Å²) < 4.78 is 10.7. The van der Waals surface area contributed by atoms with Gasteiger partial charge in [-0.2, -0.15) is 0 Å². The molecule has 0 aromatic heterocycles. The Morgan fingerprint density at radius 1 is 0.324 bits per heavy atom. The smallest absolute Gasteiger partial charge is 0.306 e. The highest BCUT2D eigenvalue weighted by atomic mass is 16.6. The Bertz CT molecular complexity index is 1040. The Hall–Kier alpha value is -1.62. The first-order valence-electron chi connectivity index (χ1n) is 30.9. The number of esters is 2. The van der Waals surface area contributed by atoms with E-state index in [0.29, 0.717) is 12.8 Å². The van der Waals surface area contributed by atoms with Crippen molar-refractivity contribution >= 4 is 11.9 Å². The van der Waals surface area contributed by atoms with Crippen molar-refractivity contribution in [2.75, 3.05) is 13.2 Å². The largest absolute Gasteiger partial charge is 0.462 e. The van der Waals surface area contributed by atoms with Crippen LogP contribution >= 0.6 is 0 Å². The lowest BCUT2D eigenvalue weighted by molar-refractivity contribution is -0.161. The number of rotatable bonds is 58. The van der Waals surface area contributed by atoms with Crippen molar-refractivity contribution < 1.29 is 24.2 Å². The predicted molar refractivity (Wildman–Crippen MR) is 298 cm³/mol. The fourth-order valence-electron chi connectivity index (χ4n) is 9.55. The van der Waals surface area contributed by atoms with Gasteiger partial charge in [0.15, 0.2) is 6.10 Å². The van der Waals surface area contributed by atoms with E-state index < -0.39 is 6.10 Å². The van der Waals surface area contributed by atoms with E-state index in [1.54, 1.807) is 0 Å². The van der Waals surface area contributed by atoms with Gasteiger partial charge in [0.05, 0.1) is 6.61 Å². The maximum atomic E-state index is 12.3. The highest BCUT2D eigenvalue weighted by molar-refractivity contribution is 5.70. The highest BCUT2D eigenvalue weighted by Gasteiger charge is 2.16. The minimum Gasteiger partial charge on any atom is -0.462 e. The maximum Gasteiger partial charge on any atom is 0.306 e. The molecule has 5 heteroatoms. The highest BCUT2D eigenvalue weighted by Crippen LogP contribution is 2.18. The summed E-state index contributed by atoms with van der Waals surface area (Å²) in [6.07, 6.45) is 76.1. The third kappa shape index (κ3) is 57.0. The second-order valence-electron chi connectivity index (χ2n) is 21.1. The van der Waals surface area contributed by atoms with Gasteiger partial charge in [-0.15, -0.1) is 0 Å². The van der Waals surface area contributed by atoms with E-state index in [1.807, 2.05) is 0 Å². The summed E-state index contributed by atoms with van der Waals surface area (Å²) in [5.74, 6) is -0.569. The average molecular weight is 958 g/mol. The van der Waals surface area contributed by atoms with E-state index in [2.05, 4.69) is 38.2 Å². The van der Waals surface area contributed by atoms with Gasteiger partial charge < -0.3 is 14.6 Å². The van der Waals surface area contributed by atoms with Gasteiger partial charge in [0.25, 0.3) is 0 Å². The van der Waals surface area contributed by atoms with E-state index in [-0.39, 0.29) is 25.2 Å². The summed E-state index contributed by atoms with van der Waals surface area (Å²) in [4.78, 5) is 24.6. The van der Waals surface area contributed by atoms with Crippen molar-refractivity contribution in [2.45, 2.75) is 354 Å². The van der Waals surface area contributed by atoms with Crippen LogP contribution in [0, 0.1) is 0 Å². The SMILES string of the molecule is CCCCCCCCCC/C=C\CCCCCCCCCCCCCCCCCCCC(=O)OC(CO)COC(=O)CCCCCCCCCCCCCCC/C=C\CCCCCCCCCC. The molecule has 0 aliphatic heterocycles. The van der Waals surface area contributed by atoms with Crippen LogP contribution < -0.4 is 0 Å². The lowest BCUT2D eigenvalue weighted by Gasteiger charge is -2.15. The molecule has 0 spiro atoms. The molecule has 402 valence electrons. The lowest BCUT2D eigenvalue weighted by Crippen LogP contribution is -2.28. The molecule has 0 radical (unpaired) electrons. The van der Waals surface area contributed by atoms with Crippen LogP contribution in [0.15, 0.2) is 24.3 Å². The van der Waals surface area contributed by atoms with Crippen LogP contribution in [0.25, 0.3) is 0 Å². The van der Waals surface area contributed by atoms with Crippen molar-refractivity contribution in [3.8, 4) is 0 Å². The van der Waals surface area contributed by atoms with Crippen LogP contribution in [0.4, 0.5) is 0 Å². The van der Waals surface area contributed by atoms with Crippen molar-refractivity contribution in [2.24, 2.45) is 0 Å². The first kappa shape index (κ1) is 66.4. The van der Waals surface area contributed by atoms with Crippen molar-refractivity contribution in [3.05, 3.63) is 24.3 Å². The summed E-state index contributed by atoms with van der Waals surface area (Å²) in [6.45, 7) is 4.20. The number of carbonyl (C=O) groups excluding carboxylic acids is 2. The molecular formula is C63H120O5. The normalized spacial score (nSPS) is 12.2. The molecule has 0 aromatic carbocycles. The summed E-state index contributed by atoms with van der Waals surface area (Å²) >= 11 is 0. The molecule has 1 unspecified atom stereocenters. The van der Waals surface area contributed by atoms with Crippen LogP contribution in [0.5, 0.6) is 0 Å². The lowest BCUT2D eigenvalue weighted by atomic mass is 10.0. The van der Waals surface area contributed by atoms with Crippen LogP contribution in [0.1, 0.15) is 348 Å². The third-order valence-corrected chi connectivity index (χ3v) is 14.2. The molecular weight excluding hydrogens is 837 g/mol. The number of allylic oxidation sites excluding steroid dienone is 4. The third-order valence-electron chi connectivity index (χ3n) is 14.2. The maximum absolute atomic E-state index is 12.3. The van der Waals surface area contributed by atoms with Gasteiger partial charge >= 0.3 is 11.9 Å². The number of ether oxygens (including phenoxy) is 2. The van der Waals surface area contributed by atoms with Gasteiger partial charge in [-0.3, -0.25) is 9.59 Å². The molecule has 0 fully saturated rings. The summed E-state index contributed by atoms with van der Waals surface area (Å²) in [5.41, 5.74) is 0. The van der Waals surface area contributed by atoms with Crippen LogP contribution in [-0.2, 0) is 19.1 Å². The van der Waals surface area contributed by atoms with Gasteiger partial charge in [0, 0.05) is 12.8 Å². The number of aliphatic hydroxyl groups excluding tert-OH is 1. The second kappa shape index (κ2) is 59.7. The predicted octanol–water partition coefficient (Wildman–Crippen LogP) is 20.9. The number of aliphatic hydroxyl groups is 1. The van der Waals surface area contributed by atoms with Gasteiger partial charge in [0.2, 0.25) is 0 Å². The number of hydrogen-bond donors (Lipinski definition) is 1. The Balaban J connectivity index is 3.41. The molecule has 0 saturated heterocycles. The molecule has 0 amide bonds. The molecule has 0 heterocycles. The Kier molecular flexibility index (Phi) is 58.3. The van der Waals surface area contributed by atoms with Gasteiger partial charge in [-0.1, -0.05) is 295 Å². The van der Waals surface area contributed by atoms with Crippen molar-refractivity contribution in [3.63, 3.8) is 0 Å². The molecule has 0 aliphatic carbocycles. The van der Waals surface area contributed by atoms with Crippen molar-refractivity contribution in [1.29, 1.82) is 0 Å². The Morgan fingerprint density at radius 2 is 0.544 bits per heavy atom. The van der Waals surface area contributed by atoms with Crippen molar-refractivity contribution in [1.82, 2.24) is 0 Å². The second-order valence-corrected chi connectivity index (χ2v) is 21.1. The Morgan fingerprint density at radius 3 is 0.794 bits per heavy atom. The molecule has 1 N–H and O–H groups in total. The standard InChI is InChI=1S/C63H120O5/c1-3-5-7-9-11-13-15-17-19-21-23-25-27-29-30-31-32-34-36-38-40-42-44-46-48-50-52-54-56-58-63(66)68-61(59-64)60-67-62(65)57-55-53-51-49-47-45-43-41-39-37-35-33-28-26-24-22-20-18-16-14-12-10-8-6-4-2/h21-24,61,64H,3-20,25-60H2,1-2H3/b23-21-,24-22-. The summed E-state index contributed by atoms with van der Waals surface area (Å²) in [5, 5.41) is 9.67. The van der Waals surface area contributed by atoms with E-state index >= 15 is 0 Å². The fraction of sp³-hybridized carbons (Fsp3) is 0.905. The molecule has 0 aliphatic rings. The van der Waals surface area contributed by atoms with E-state index in [9.17, 15) is 14.7 Å². The molecule has 0 rings (SSSR count). The minimum atomic E-state index is -0.769. The number of hydrogen-bond acceptors (Lipinski definition) is 5. The van der Waals surface area contributed by atoms with E-state index in [4.69, 9.17) is 9.47 Å². The van der Waals surface area contributed by atoms with Gasteiger partial charge in [-0.25, -0.2) is 0 Å². The van der Waals surface area contributed by atoms with E-state index in [0.717, 1.165) is 38.5 Å². The number of carbonyl (C=O) groups is 2. The average Bonchev–Trinajstić information content (AvgIpc) is 3.34. The summed E-state index contributed by atoms with van der Waals surface area (Å²) in [6, 6.07) is 0. The van der Waals surface area contributed by atoms with Crippen LogP contribution in [-0.4, -0.2) is 36.4 Å². The molecule has 1 atom stereocenters. The quantitative estimate of drug-likeness (QED) is 0.0374. The van der Waals surface area contributed by atoms with Crippen LogP contribution in [0.2, 0.25) is 0 Å². The first-order valence-corrected chi connectivity index (χ1v) is 30.9. The van der Waals surface area contributed by atoms with Gasteiger partial charge in [-0.05, 0) is 64.2 Å². The molecule has 0 saturated carbocycles. The fourth-order valence-corrected chi connectivity index (χ4v) is 9.55. The van der Waals surface area contributed by atoms with E-state index in [1.165, 1.54) is 283 Å². The van der Waals surface area contributed by atoms with Crippen LogP contribution in [0.3, 0.4) is 0 Å². The minimum absolute atomic E-state index is 0.0598. The Labute approximate surface area is 425 Å². The van der Waals surface area contributed by atoms with Gasteiger partial charge in [0.1, 0.15) is 6.61 Å². The number of unbranched alkanes of at least 4 members (excludes halogenated alkanes) is 46. The molecule has 5 nitrogen and oxygen atoms in total. The zero-order valence-corrected chi connectivity index (χ0v) is 46.2. The topological polar surface area (TPSA) is 72.8 Å². The zero-order valence-electron chi connectivity index (χ0n) is 46.2. The molecule has 0 bridgehead atoms. The zero-order chi connectivity index (χ0) is 49.2. The first-order chi connectivity index (χ1) is 33.6. The monoisotopic (exact) mass is 957 g/mol. The molecule has 0 aromatic rings. The molecule has 68 heavy (non-hydrogen) atoms. The summed E-state index contributed by atoms with van der Waals surface area (Å²) in [7, 11) is 0.